The standard InChI is InChI=1S/C21H16N4O3S/c26-19-15-12-14(10-11-16(15)23-17-8-4-5-9-18(17)24-19)22-21(28)25(29)20(27)13-6-2-1-3-7-13/h1-12,23,29H,(H,22,28)(H,24,26). The summed E-state index contributed by atoms with van der Waals surface area (Å²) in [6.45, 7) is 0. The highest BCUT2D eigenvalue weighted by molar-refractivity contribution is 7.79. The zero-order valence-electron chi connectivity index (χ0n) is 15.0. The molecule has 3 aromatic rings. The van der Waals surface area contributed by atoms with E-state index in [1.807, 2.05) is 18.2 Å². The van der Waals surface area contributed by atoms with Crippen molar-refractivity contribution in [3.8, 4) is 0 Å². The molecule has 29 heavy (non-hydrogen) atoms. The van der Waals surface area contributed by atoms with Gasteiger partial charge in [0.15, 0.2) is 0 Å². The lowest BCUT2D eigenvalue weighted by Crippen LogP contribution is -2.32. The van der Waals surface area contributed by atoms with Crippen molar-refractivity contribution < 1.29 is 14.4 Å². The van der Waals surface area contributed by atoms with Crippen LogP contribution in [0.1, 0.15) is 20.7 Å². The summed E-state index contributed by atoms with van der Waals surface area (Å²) in [7, 11) is 0. The fraction of sp³-hybridized carbons (Fsp3) is 0. The molecule has 0 saturated heterocycles. The van der Waals surface area contributed by atoms with Gasteiger partial charge in [0.25, 0.3) is 11.8 Å². The third kappa shape index (κ3) is 3.78. The third-order valence-corrected chi connectivity index (χ3v) is 4.73. The van der Waals surface area contributed by atoms with Gasteiger partial charge in [-0.1, -0.05) is 43.1 Å². The number of carbonyl (C=O) groups excluding carboxylic acids is 3. The lowest BCUT2D eigenvalue weighted by Gasteiger charge is -2.16. The van der Waals surface area contributed by atoms with E-state index in [2.05, 4.69) is 28.8 Å². The van der Waals surface area contributed by atoms with Crippen molar-refractivity contribution in [2.24, 2.45) is 0 Å². The van der Waals surface area contributed by atoms with Crippen molar-refractivity contribution in [2.45, 2.75) is 0 Å². The van der Waals surface area contributed by atoms with Gasteiger partial charge in [-0.05, 0) is 42.5 Å². The SMILES string of the molecule is O=C1Nc2ccccc2Nc2ccc(NC(=O)N(S)C(=O)c3ccccc3)cc21. The third-order valence-electron chi connectivity index (χ3n) is 4.37. The van der Waals surface area contributed by atoms with Crippen LogP contribution in [0.15, 0.2) is 72.8 Å². The number of para-hydroxylation sites is 2. The Hall–Kier alpha value is -3.78. The van der Waals surface area contributed by atoms with Crippen LogP contribution in [0.3, 0.4) is 0 Å². The summed E-state index contributed by atoms with van der Waals surface area (Å²) < 4.78 is 0.690. The number of nitrogens with one attached hydrogen (secondary N) is 3. The summed E-state index contributed by atoms with van der Waals surface area (Å²) in [5.74, 6) is -0.868. The van der Waals surface area contributed by atoms with Crippen molar-refractivity contribution in [3.63, 3.8) is 0 Å². The van der Waals surface area contributed by atoms with E-state index in [1.165, 1.54) is 6.07 Å². The molecule has 1 aliphatic rings. The minimum Gasteiger partial charge on any atom is -0.353 e. The first-order valence-corrected chi connectivity index (χ1v) is 9.14. The molecule has 4 rings (SSSR count). The maximum atomic E-state index is 12.6. The molecule has 7 nitrogen and oxygen atoms in total. The van der Waals surface area contributed by atoms with Gasteiger partial charge < -0.3 is 16.0 Å². The number of anilines is 4. The summed E-state index contributed by atoms with van der Waals surface area (Å²) in [4.78, 5) is 37.4. The van der Waals surface area contributed by atoms with E-state index in [0.717, 1.165) is 5.69 Å². The Bertz CT molecular complexity index is 1120. The maximum Gasteiger partial charge on any atom is 0.338 e. The van der Waals surface area contributed by atoms with Crippen molar-refractivity contribution >= 4 is 53.4 Å². The van der Waals surface area contributed by atoms with E-state index in [-0.39, 0.29) is 5.91 Å². The van der Waals surface area contributed by atoms with E-state index >= 15 is 0 Å². The average Bonchev–Trinajstić information content (AvgIpc) is 2.89. The maximum absolute atomic E-state index is 12.6. The molecule has 0 bridgehead atoms. The van der Waals surface area contributed by atoms with Gasteiger partial charge in [-0.15, -0.1) is 0 Å². The summed E-state index contributed by atoms with van der Waals surface area (Å²) in [6, 6.07) is 19.8. The van der Waals surface area contributed by atoms with Crippen LogP contribution in [-0.4, -0.2) is 22.2 Å². The number of amides is 4. The highest BCUT2D eigenvalue weighted by Crippen LogP contribution is 2.33. The minimum atomic E-state index is -0.729. The molecule has 0 unspecified atom stereocenters. The fourth-order valence-electron chi connectivity index (χ4n) is 2.93. The quantitative estimate of drug-likeness (QED) is 0.473. The van der Waals surface area contributed by atoms with Gasteiger partial charge in [-0.3, -0.25) is 9.59 Å². The molecule has 1 aliphatic heterocycles. The number of hydrogen-bond donors (Lipinski definition) is 4. The topological polar surface area (TPSA) is 90.5 Å². The fourth-order valence-corrected chi connectivity index (χ4v) is 3.09. The number of nitrogens with zero attached hydrogens (tertiary/aromatic N) is 1. The zero-order chi connectivity index (χ0) is 20.4. The van der Waals surface area contributed by atoms with Crippen molar-refractivity contribution in [1.29, 1.82) is 0 Å². The smallest absolute Gasteiger partial charge is 0.338 e. The highest BCUT2D eigenvalue weighted by atomic mass is 32.1. The Labute approximate surface area is 172 Å². The van der Waals surface area contributed by atoms with Crippen LogP contribution in [0.25, 0.3) is 0 Å². The molecule has 0 spiro atoms. The van der Waals surface area contributed by atoms with E-state index in [4.69, 9.17) is 0 Å². The molecular weight excluding hydrogens is 388 g/mol. The number of benzene rings is 3. The average molecular weight is 404 g/mol. The van der Waals surface area contributed by atoms with Crippen LogP contribution < -0.4 is 16.0 Å². The van der Waals surface area contributed by atoms with E-state index in [1.54, 1.807) is 48.5 Å². The lowest BCUT2D eigenvalue weighted by atomic mass is 10.1. The number of thiol groups is 1. The summed E-state index contributed by atoms with van der Waals surface area (Å²) >= 11 is 4.01. The molecule has 8 heteroatoms. The van der Waals surface area contributed by atoms with Gasteiger partial charge in [0.05, 0.1) is 22.6 Å². The van der Waals surface area contributed by atoms with Gasteiger partial charge in [0.1, 0.15) is 0 Å². The van der Waals surface area contributed by atoms with Gasteiger partial charge in [0.2, 0.25) is 0 Å². The molecule has 3 aromatic carbocycles. The highest BCUT2D eigenvalue weighted by Gasteiger charge is 2.22. The number of urea groups is 1. The predicted molar refractivity (Wildman–Crippen MR) is 115 cm³/mol. The number of fused-ring (bicyclic) bond motifs is 2. The normalized spacial score (nSPS) is 11.8. The van der Waals surface area contributed by atoms with Crippen molar-refractivity contribution in [2.75, 3.05) is 16.0 Å². The molecular formula is C21H16N4O3S. The number of carbonyl (C=O) groups is 3. The van der Waals surface area contributed by atoms with Gasteiger partial charge in [-0.25, -0.2) is 9.10 Å². The minimum absolute atomic E-state index is 0.309. The second-order valence-electron chi connectivity index (χ2n) is 6.30. The molecule has 0 radical (unpaired) electrons. The largest absolute Gasteiger partial charge is 0.353 e. The monoisotopic (exact) mass is 404 g/mol. The number of imide groups is 1. The molecule has 4 amide bonds. The van der Waals surface area contributed by atoms with Crippen LogP contribution in [0, 0.1) is 0 Å². The first kappa shape index (κ1) is 18.6. The summed E-state index contributed by atoms with van der Waals surface area (Å²) in [5, 5.41) is 8.62. The van der Waals surface area contributed by atoms with E-state index < -0.39 is 11.9 Å². The zero-order valence-corrected chi connectivity index (χ0v) is 15.9. The van der Waals surface area contributed by atoms with Crippen LogP contribution in [-0.2, 0) is 0 Å². The van der Waals surface area contributed by atoms with Gasteiger partial charge >= 0.3 is 6.03 Å². The summed E-state index contributed by atoms with van der Waals surface area (Å²) in [5.41, 5.74) is 3.09. The molecule has 0 aromatic heterocycles. The first-order chi connectivity index (χ1) is 14.0. The Morgan fingerprint density at radius 1 is 0.828 bits per heavy atom. The van der Waals surface area contributed by atoms with Crippen LogP contribution in [0.5, 0.6) is 0 Å². The molecule has 0 fully saturated rings. The Morgan fingerprint density at radius 3 is 2.21 bits per heavy atom. The lowest BCUT2D eigenvalue weighted by molar-refractivity contribution is 0.0901. The molecule has 144 valence electrons. The van der Waals surface area contributed by atoms with Crippen molar-refractivity contribution in [1.82, 2.24) is 4.31 Å². The van der Waals surface area contributed by atoms with Gasteiger partial charge in [0, 0.05) is 11.3 Å². The second-order valence-corrected chi connectivity index (χ2v) is 6.70. The molecule has 1 heterocycles. The number of rotatable bonds is 2. The van der Waals surface area contributed by atoms with Crippen LogP contribution in [0.4, 0.5) is 27.5 Å². The predicted octanol–water partition coefficient (Wildman–Crippen LogP) is 4.52. The van der Waals surface area contributed by atoms with E-state index in [0.29, 0.717) is 32.5 Å². The molecule has 3 N–H and O–H groups in total. The number of hydrogen-bond acceptors (Lipinski definition) is 5. The van der Waals surface area contributed by atoms with Crippen LogP contribution >= 0.6 is 12.8 Å². The molecule has 0 saturated carbocycles. The second kappa shape index (κ2) is 7.69. The van der Waals surface area contributed by atoms with E-state index in [9.17, 15) is 14.4 Å². The Kier molecular flexibility index (Phi) is 4.92. The Morgan fingerprint density at radius 2 is 1.48 bits per heavy atom. The first-order valence-electron chi connectivity index (χ1n) is 8.74. The van der Waals surface area contributed by atoms with Gasteiger partial charge in [-0.2, -0.15) is 0 Å². The summed E-state index contributed by atoms with van der Waals surface area (Å²) in [6.07, 6.45) is 0. The Balaban J connectivity index is 1.54. The molecule has 0 atom stereocenters. The van der Waals surface area contributed by atoms with Crippen molar-refractivity contribution in [3.05, 3.63) is 83.9 Å². The van der Waals surface area contributed by atoms with Crippen LogP contribution in [0.2, 0.25) is 0 Å². The molecule has 0 aliphatic carbocycles.